The minimum Gasteiger partial charge on any atom is -0.424 e. The number of ether oxygens (including phenoxy) is 1. The molecule has 66 valence electrons. The van der Waals surface area contributed by atoms with Crippen molar-refractivity contribution in [1.29, 1.82) is 0 Å². The summed E-state index contributed by atoms with van der Waals surface area (Å²) in [4.78, 5) is 9.97. The summed E-state index contributed by atoms with van der Waals surface area (Å²) in [6.07, 6.45) is -5.06. The maximum Gasteiger partial charge on any atom is 0.491 e. The molecule has 11 heavy (non-hydrogen) atoms. The van der Waals surface area contributed by atoms with Crippen molar-refractivity contribution < 1.29 is 22.7 Å². The number of carbonyl (C=O) groups excluding carboxylic acids is 1. The van der Waals surface area contributed by atoms with E-state index < -0.39 is 18.0 Å². The number of esters is 1. The summed E-state index contributed by atoms with van der Waals surface area (Å²) in [6.45, 7) is 0.927. The number of hydrogen-bond acceptors (Lipinski definition) is 4. The van der Waals surface area contributed by atoms with E-state index in [1.165, 1.54) is 0 Å². The molecule has 0 spiro atoms. The highest BCUT2D eigenvalue weighted by Gasteiger charge is 2.43. The van der Waals surface area contributed by atoms with E-state index >= 15 is 0 Å². The fraction of sp³-hybridized carbons (Fsp3) is 0.750. The molecule has 0 saturated heterocycles. The van der Waals surface area contributed by atoms with Crippen LogP contribution in [-0.2, 0) is 9.53 Å². The van der Waals surface area contributed by atoms with Crippen molar-refractivity contribution in [1.82, 2.24) is 0 Å². The van der Waals surface area contributed by atoms with E-state index in [0.717, 1.165) is 6.92 Å². The van der Waals surface area contributed by atoms with Crippen molar-refractivity contribution in [2.75, 3.05) is 0 Å². The molecule has 0 rings (SSSR count). The average molecular weight is 172 g/mol. The van der Waals surface area contributed by atoms with Crippen LogP contribution < -0.4 is 11.5 Å². The molecule has 0 radical (unpaired) electrons. The van der Waals surface area contributed by atoms with Gasteiger partial charge in [-0.1, -0.05) is 0 Å². The fourth-order valence-electron chi connectivity index (χ4n) is 0.258. The maximum atomic E-state index is 11.4. The molecular weight excluding hydrogens is 165 g/mol. The fourth-order valence-corrected chi connectivity index (χ4v) is 0.258. The highest BCUT2D eigenvalue weighted by atomic mass is 19.4. The monoisotopic (exact) mass is 172 g/mol. The van der Waals surface area contributed by atoms with Crippen LogP contribution in [0, 0.1) is 0 Å². The predicted molar refractivity (Wildman–Crippen MR) is 28.9 cm³/mol. The maximum absolute atomic E-state index is 11.4. The van der Waals surface area contributed by atoms with E-state index in [0.29, 0.717) is 0 Å². The first-order valence-electron chi connectivity index (χ1n) is 2.51. The highest BCUT2D eigenvalue weighted by molar-refractivity contribution is 5.75. The van der Waals surface area contributed by atoms with Gasteiger partial charge in [0, 0.05) is 6.92 Å². The summed E-state index contributed by atoms with van der Waals surface area (Å²) in [7, 11) is 0. The van der Waals surface area contributed by atoms with Crippen LogP contribution in [0.25, 0.3) is 0 Å². The zero-order valence-electron chi connectivity index (χ0n) is 5.61. The van der Waals surface area contributed by atoms with Gasteiger partial charge in [-0.2, -0.15) is 13.2 Å². The van der Waals surface area contributed by atoms with E-state index in [2.05, 4.69) is 4.74 Å². The Morgan fingerprint density at radius 3 is 1.82 bits per heavy atom. The molecule has 7 heteroatoms. The van der Waals surface area contributed by atoms with Gasteiger partial charge in [0.05, 0.1) is 0 Å². The van der Waals surface area contributed by atoms with Gasteiger partial charge in [0.15, 0.2) is 0 Å². The molecule has 0 unspecified atom stereocenters. The van der Waals surface area contributed by atoms with Crippen LogP contribution in [0.2, 0.25) is 0 Å². The van der Waals surface area contributed by atoms with Gasteiger partial charge in [-0.25, -0.2) is 4.79 Å². The Bertz CT molecular complexity index is 160. The third kappa shape index (κ3) is 4.57. The Morgan fingerprint density at radius 1 is 1.36 bits per heavy atom. The summed E-state index contributed by atoms with van der Waals surface area (Å²) >= 11 is 0. The molecule has 0 aromatic rings. The first-order chi connectivity index (χ1) is 4.63. The number of alkyl halides is 3. The molecule has 0 aliphatic carbocycles. The second-order valence-corrected chi connectivity index (χ2v) is 2.07. The SMILES string of the molecule is CC(N)(N)OC(=O)C(F)(F)F. The van der Waals surface area contributed by atoms with Gasteiger partial charge in [0.25, 0.3) is 0 Å². The van der Waals surface area contributed by atoms with Crippen molar-refractivity contribution in [3.05, 3.63) is 0 Å². The molecule has 0 bridgehead atoms. The van der Waals surface area contributed by atoms with Crippen molar-refractivity contribution in [2.45, 2.75) is 18.9 Å². The first-order valence-corrected chi connectivity index (χ1v) is 2.51. The average Bonchev–Trinajstić information content (AvgIpc) is 1.56. The van der Waals surface area contributed by atoms with Crippen molar-refractivity contribution in [2.24, 2.45) is 11.5 Å². The van der Waals surface area contributed by atoms with Crippen LogP contribution in [-0.4, -0.2) is 18.0 Å². The minimum absolute atomic E-state index is 0.927. The predicted octanol–water partition coefficient (Wildman–Crippen LogP) is -0.317. The highest BCUT2D eigenvalue weighted by Crippen LogP contribution is 2.17. The topological polar surface area (TPSA) is 78.3 Å². The molecule has 4 nitrogen and oxygen atoms in total. The van der Waals surface area contributed by atoms with Crippen LogP contribution in [0.1, 0.15) is 6.92 Å². The molecule has 0 atom stereocenters. The van der Waals surface area contributed by atoms with E-state index in [4.69, 9.17) is 11.5 Å². The minimum atomic E-state index is -5.06. The normalized spacial score (nSPS) is 12.9. The van der Waals surface area contributed by atoms with Gasteiger partial charge in [0.1, 0.15) is 0 Å². The van der Waals surface area contributed by atoms with Gasteiger partial charge in [-0.05, 0) is 0 Å². The van der Waals surface area contributed by atoms with Gasteiger partial charge in [-0.3, -0.25) is 11.5 Å². The standard InChI is InChI=1S/C4H7F3N2O2/c1-3(8,9)11-2(10)4(5,6)7/h8-9H2,1H3. The lowest BCUT2D eigenvalue weighted by atomic mass is 10.5. The zero-order valence-corrected chi connectivity index (χ0v) is 5.61. The molecular formula is C4H7F3N2O2. The second-order valence-electron chi connectivity index (χ2n) is 2.07. The number of nitrogens with two attached hydrogens (primary N) is 2. The number of halogens is 3. The lowest BCUT2D eigenvalue weighted by molar-refractivity contribution is -0.212. The smallest absolute Gasteiger partial charge is 0.424 e. The van der Waals surface area contributed by atoms with E-state index in [9.17, 15) is 18.0 Å². The van der Waals surface area contributed by atoms with Gasteiger partial charge >= 0.3 is 12.1 Å². The van der Waals surface area contributed by atoms with Crippen LogP contribution in [0.4, 0.5) is 13.2 Å². The lowest BCUT2D eigenvalue weighted by Gasteiger charge is -2.19. The number of hydrogen-bond donors (Lipinski definition) is 2. The Kier molecular flexibility index (Phi) is 2.47. The molecule has 0 aliphatic heterocycles. The van der Waals surface area contributed by atoms with E-state index in [1.54, 1.807) is 0 Å². The van der Waals surface area contributed by atoms with Crippen LogP contribution in [0.3, 0.4) is 0 Å². The van der Waals surface area contributed by atoms with Crippen molar-refractivity contribution >= 4 is 5.97 Å². The largest absolute Gasteiger partial charge is 0.491 e. The molecule has 4 N–H and O–H groups in total. The molecule has 0 aromatic carbocycles. The third-order valence-electron chi connectivity index (χ3n) is 0.544. The van der Waals surface area contributed by atoms with Crippen molar-refractivity contribution in [3.8, 4) is 0 Å². The Hall–Kier alpha value is -0.820. The summed E-state index contributed by atoms with van der Waals surface area (Å²) in [5.74, 6) is -4.49. The molecule has 0 saturated carbocycles. The molecule has 0 fully saturated rings. The van der Waals surface area contributed by atoms with E-state index in [1.807, 2.05) is 0 Å². The summed E-state index contributed by atoms with van der Waals surface area (Å²) < 4.78 is 37.8. The van der Waals surface area contributed by atoms with Crippen LogP contribution in [0.15, 0.2) is 0 Å². The number of rotatable bonds is 1. The Balaban J connectivity index is 4.11. The number of carbonyl (C=O) groups is 1. The quantitative estimate of drug-likeness (QED) is 0.419. The van der Waals surface area contributed by atoms with Gasteiger partial charge in [-0.15, -0.1) is 0 Å². The Morgan fingerprint density at radius 2 is 1.73 bits per heavy atom. The van der Waals surface area contributed by atoms with Gasteiger partial charge < -0.3 is 4.74 Å². The lowest BCUT2D eigenvalue weighted by Crippen LogP contribution is -2.52. The first kappa shape index (κ1) is 10.2. The van der Waals surface area contributed by atoms with Gasteiger partial charge in [0.2, 0.25) is 5.85 Å². The van der Waals surface area contributed by atoms with Crippen LogP contribution >= 0.6 is 0 Å². The third-order valence-corrected chi connectivity index (χ3v) is 0.544. The second kappa shape index (κ2) is 2.67. The molecule has 0 aromatic heterocycles. The summed E-state index contributed by atoms with van der Waals surface area (Å²) in [6, 6.07) is 0. The van der Waals surface area contributed by atoms with E-state index in [-0.39, 0.29) is 0 Å². The summed E-state index contributed by atoms with van der Waals surface area (Å²) in [5.41, 5.74) is 9.54. The molecule has 0 aliphatic rings. The Labute approximate surface area is 60.3 Å². The zero-order chi connectivity index (χ0) is 9.28. The molecule has 0 amide bonds. The molecule has 0 heterocycles. The van der Waals surface area contributed by atoms with Crippen LogP contribution in [0.5, 0.6) is 0 Å². The summed E-state index contributed by atoms with van der Waals surface area (Å²) in [5, 5.41) is 0. The van der Waals surface area contributed by atoms with Crippen molar-refractivity contribution in [3.63, 3.8) is 0 Å².